The van der Waals surface area contributed by atoms with Gasteiger partial charge in [-0.15, -0.1) is 0 Å². The molecule has 12 heavy (non-hydrogen) atoms. The SMILES string of the molecule is CC(C)(C)C1CC=CC(C=O)C1. The van der Waals surface area contributed by atoms with Crippen molar-refractivity contribution in [3.8, 4) is 0 Å². The molecule has 1 nitrogen and oxygen atoms in total. The van der Waals surface area contributed by atoms with Crippen LogP contribution in [0, 0.1) is 17.3 Å². The monoisotopic (exact) mass is 166 g/mol. The first-order chi connectivity index (χ1) is 5.54. The molecule has 0 aromatic rings. The Bertz CT molecular complexity index is 186. The van der Waals surface area contributed by atoms with Gasteiger partial charge in [0.15, 0.2) is 0 Å². The van der Waals surface area contributed by atoms with Crippen LogP contribution in [0.15, 0.2) is 12.2 Å². The highest BCUT2D eigenvalue weighted by Crippen LogP contribution is 2.36. The Morgan fingerprint density at radius 2 is 2.08 bits per heavy atom. The molecule has 0 radical (unpaired) electrons. The summed E-state index contributed by atoms with van der Waals surface area (Å²) < 4.78 is 0. The van der Waals surface area contributed by atoms with Gasteiger partial charge in [-0.3, -0.25) is 0 Å². The zero-order valence-corrected chi connectivity index (χ0v) is 8.21. The van der Waals surface area contributed by atoms with Gasteiger partial charge >= 0.3 is 0 Å². The first-order valence-corrected chi connectivity index (χ1v) is 4.66. The van der Waals surface area contributed by atoms with Gasteiger partial charge < -0.3 is 4.79 Å². The fourth-order valence-corrected chi connectivity index (χ4v) is 1.73. The molecule has 0 bridgehead atoms. The molecule has 1 heteroatoms. The summed E-state index contributed by atoms with van der Waals surface area (Å²) in [4.78, 5) is 10.6. The van der Waals surface area contributed by atoms with Crippen molar-refractivity contribution in [3.63, 3.8) is 0 Å². The van der Waals surface area contributed by atoms with E-state index in [2.05, 4.69) is 26.8 Å². The van der Waals surface area contributed by atoms with E-state index in [4.69, 9.17) is 0 Å². The number of hydrogen-bond acceptors (Lipinski definition) is 1. The van der Waals surface area contributed by atoms with Gasteiger partial charge in [0.25, 0.3) is 0 Å². The van der Waals surface area contributed by atoms with E-state index in [9.17, 15) is 4.79 Å². The lowest BCUT2D eigenvalue weighted by Crippen LogP contribution is -2.25. The number of aldehydes is 1. The van der Waals surface area contributed by atoms with Gasteiger partial charge in [-0.05, 0) is 24.2 Å². The molecule has 0 saturated carbocycles. The quantitative estimate of drug-likeness (QED) is 0.432. The van der Waals surface area contributed by atoms with Crippen LogP contribution >= 0.6 is 0 Å². The first kappa shape index (κ1) is 9.50. The molecule has 2 atom stereocenters. The van der Waals surface area contributed by atoms with Crippen LogP contribution in [0.5, 0.6) is 0 Å². The van der Waals surface area contributed by atoms with Crippen LogP contribution in [0.3, 0.4) is 0 Å². The van der Waals surface area contributed by atoms with Crippen molar-refractivity contribution in [2.45, 2.75) is 33.6 Å². The number of hydrogen-bond donors (Lipinski definition) is 0. The second-order valence-corrected chi connectivity index (χ2v) is 4.76. The van der Waals surface area contributed by atoms with E-state index >= 15 is 0 Å². The van der Waals surface area contributed by atoms with Crippen LogP contribution in [-0.2, 0) is 4.79 Å². The van der Waals surface area contributed by atoms with Crippen LogP contribution in [-0.4, -0.2) is 6.29 Å². The Morgan fingerprint density at radius 1 is 1.42 bits per heavy atom. The minimum absolute atomic E-state index is 0.169. The Balaban J connectivity index is 2.62. The Labute approximate surface area is 74.9 Å². The van der Waals surface area contributed by atoms with E-state index in [0.717, 1.165) is 19.1 Å². The normalized spacial score (nSPS) is 30.2. The first-order valence-electron chi connectivity index (χ1n) is 4.66. The van der Waals surface area contributed by atoms with Gasteiger partial charge in [0.2, 0.25) is 0 Å². The smallest absolute Gasteiger partial charge is 0.126 e. The van der Waals surface area contributed by atoms with Crippen molar-refractivity contribution in [2.75, 3.05) is 0 Å². The van der Waals surface area contributed by atoms with Crippen molar-refractivity contribution in [1.29, 1.82) is 0 Å². The molecule has 68 valence electrons. The van der Waals surface area contributed by atoms with Gasteiger partial charge in [-0.1, -0.05) is 32.9 Å². The van der Waals surface area contributed by atoms with E-state index in [1.165, 1.54) is 0 Å². The molecule has 0 aliphatic heterocycles. The van der Waals surface area contributed by atoms with E-state index < -0.39 is 0 Å². The summed E-state index contributed by atoms with van der Waals surface area (Å²) in [5.41, 5.74) is 0.339. The molecule has 0 spiro atoms. The maximum atomic E-state index is 10.6. The lowest BCUT2D eigenvalue weighted by atomic mass is 9.72. The summed E-state index contributed by atoms with van der Waals surface area (Å²) in [7, 11) is 0. The maximum Gasteiger partial charge on any atom is 0.126 e. The average Bonchev–Trinajstić information content (AvgIpc) is 2.03. The molecule has 0 aromatic carbocycles. The van der Waals surface area contributed by atoms with Crippen LogP contribution < -0.4 is 0 Å². The Morgan fingerprint density at radius 3 is 2.58 bits per heavy atom. The highest BCUT2D eigenvalue weighted by molar-refractivity contribution is 5.56. The third-order valence-electron chi connectivity index (χ3n) is 2.76. The van der Waals surface area contributed by atoms with Crippen molar-refractivity contribution < 1.29 is 4.79 Å². The molecule has 0 amide bonds. The van der Waals surface area contributed by atoms with Crippen molar-refractivity contribution in [3.05, 3.63) is 12.2 Å². The van der Waals surface area contributed by atoms with Gasteiger partial charge in [0, 0.05) is 5.92 Å². The topological polar surface area (TPSA) is 17.1 Å². The molecule has 1 rings (SSSR count). The lowest BCUT2D eigenvalue weighted by Gasteiger charge is -2.33. The molecular formula is C11H18O. The van der Waals surface area contributed by atoms with Gasteiger partial charge in [0.05, 0.1) is 0 Å². The minimum atomic E-state index is 0.169. The summed E-state index contributed by atoms with van der Waals surface area (Å²) in [6, 6.07) is 0. The zero-order valence-electron chi connectivity index (χ0n) is 8.21. The number of rotatable bonds is 1. The summed E-state index contributed by atoms with van der Waals surface area (Å²) in [5, 5.41) is 0. The predicted octanol–water partition coefficient (Wildman–Crippen LogP) is 2.81. The van der Waals surface area contributed by atoms with Crippen molar-refractivity contribution >= 4 is 6.29 Å². The van der Waals surface area contributed by atoms with Crippen LogP contribution in [0.2, 0.25) is 0 Å². The third kappa shape index (κ3) is 2.20. The highest BCUT2D eigenvalue weighted by atomic mass is 16.1. The molecular weight excluding hydrogens is 148 g/mol. The van der Waals surface area contributed by atoms with Gasteiger partial charge in [-0.2, -0.15) is 0 Å². The van der Waals surface area contributed by atoms with Crippen LogP contribution in [0.25, 0.3) is 0 Å². The third-order valence-corrected chi connectivity index (χ3v) is 2.76. The second kappa shape index (κ2) is 3.42. The van der Waals surface area contributed by atoms with Gasteiger partial charge in [-0.25, -0.2) is 0 Å². The van der Waals surface area contributed by atoms with Crippen molar-refractivity contribution in [2.24, 2.45) is 17.3 Å². The van der Waals surface area contributed by atoms with E-state index in [1.807, 2.05) is 6.08 Å². The second-order valence-electron chi connectivity index (χ2n) is 4.76. The fraction of sp³-hybridized carbons (Fsp3) is 0.727. The predicted molar refractivity (Wildman–Crippen MR) is 50.9 cm³/mol. The largest absolute Gasteiger partial charge is 0.303 e. The van der Waals surface area contributed by atoms with Crippen LogP contribution in [0.1, 0.15) is 33.6 Å². The summed E-state index contributed by atoms with van der Waals surface area (Å²) in [5.74, 6) is 0.834. The molecule has 0 N–H and O–H groups in total. The van der Waals surface area contributed by atoms with E-state index in [0.29, 0.717) is 11.3 Å². The molecule has 0 heterocycles. The zero-order chi connectivity index (χ0) is 9.19. The molecule has 2 unspecified atom stereocenters. The summed E-state index contributed by atoms with van der Waals surface area (Å²) in [6.07, 6.45) is 7.42. The van der Waals surface area contributed by atoms with Gasteiger partial charge in [0.1, 0.15) is 6.29 Å². The maximum absolute atomic E-state index is 10.6. The highest BCUT2D eigenvalue weighted by Gasteiger charge is 2.27. The Kier molecular flexibility index (Phi) is 2.71. The summed E-state index contributed by atoms with van der Waals surface area (Å²) >= 11 is 0. The molecule has 1 aliphatic rings. The van der Waals surface area contributed by atoms with Crippen LogP contribution in [0.4, 0.5) is 0 Å². The van der Waals surface area contributed by atoms with E-state index in [1.54, 1.807) is 0 Å². The fourth-order valence-electron chi connectivity index (χ4n) is 1.73. The molecule has 0 fully saturated rings. The molecule has 0 saturated heterocycles. The molecule has 0 aromatic heterocycles. The average molecular weight is 166 g/mol. The minimum Gasteiger partial charge on any atom is -0.303 e. The van der Waals surface area contributed by atoms with Crippen molar-refractivity contribution in [1.82, 2.24) is 0 Å². The number of carbonyl (C=O) groups excluding carboxylic acids is 1. The lowest BCUT2D eigenvalue weighted by molar-refractivity contribution is -0.110. The number of allylic oxidation sites excluding steroid dienone is 2. The number of carbonyl (C=O) groups is 1. The van der Waals surface area contributed by atoms with E-state index in [-0.39, 0.29) is 5.92 Å². The Hall–Kier alpha value is -0.590. The summed E-state index contributed by atoms with van der Waals surface area (Å²) in [6.45, 7) is 6.75. The molecule has 1 aliphatic carbocycles. The standard InChI is InChI=1S/C11H18O/c1-11(2,3)10-6-4-5-9(7-10)8-12/h4-5,8-10H,6-7H2,1-3H3.